The average molecular weight is 290 g/mol. The number of carbonyl (C=O) groups excluding carboxylic acids is 1. The maximum absolute atomic E-state index is 11.7. The second-order valence-corrected chi connectivity index (χ2v) is 5.13. The van der Waals surface area contributed by atoms with Crippen LogP contribution in [0.4, 0.5) is 0 Å². The van der Waals surface area contributed by atoms with Gasteiger partial charge in [-0.1, -0.05) is 30.3 Å². The molecule has 1 aromatic heterocycles. The van der Waals surface area contributed by atoms with E-state index >= 15 is 0 Å². The Kier molecular flexibility index (Phi) is 5.70. The average Bonchev–Trinajstić information content (AvgIpc) is 2.93. The van der Waals surface area contributed by atoms with Crippen LogP contribution in [0.2, 0.25) is 0 Å². The van der Waals surface area contributed by atoms with Gasteiger partial charge in [0.05, 0.1) is 24.4 Å². The number of aromatic nitrogens is 1. The van der Waals surface area contributed by atoms with E-state index in [1.54, 1.807) is 16.8 Å². The summed E-state index contributed by atoms with van der Waals surface area (Å²) >= 11 is 1.56. The fraction of sp³-hybridized carbons (Fsp3) is 0.333. The number of thiazole rings is 1. The number of carbonyl (C=O) groups is 1. The van der Waals surface area contributed by atoms with E-state index in [0.717, 1.165) is 5.69 Å². The van der Waals surface area contributed by atoms with Crippen molar-refractivity contribution < 1.29 is 9.53 Å². The second kappa shape index (κ2) is 7.77. The van der Waals surface area contributed by atoms with Gasteiger partial charge < -0.3 is 4.74 Å². The van der Waals surface area contributed by atoms with Gasteiger partial charge in [0.2, 0.25) is 0 Å². The summed E-state index contributed by atoms with van der Waals surface area (Å²) in [6.45, 7) is 3.86. The standard InChI is InChI=1S/C15H18N2O2S/c1-2-19-15(18)10-17(9-14-11-20-12-16-14)8-13-6-4-3-5-7-13/h3-7,11-12H,2,8-10H2,1H3. The third kappa shape index (κ3) is 4.75. The summed E-state index contributed by atoms with van der Waals surface area (Å²) in [6, 6.07) is 10.1. The van der Waals surface area contributed by atoms with E-state index in [1.807, 2.05) is 35.4 Å². The van der Waals surface area contributed by atoms with Gasteiger partial charge in [-0.15, -0.1) is 11.3 Å². The summed E-state index contributed by atoms with van der Waals surface area (Å²) in [4.78, 5) is 18.0. The molecule has 0 atom stereocenters. The number of benzene rings is 1. The van der Waals surface area contributed by atoms with Gasteiger partial charge in [-0.2, -0.15) is 0 Å². The molecule has 0 aliphatic carbocycles. The van der Waals surface area contributed by atoms with Crippen molar-refractivity contribution in [2.45, 2.75) is 20.0 Å². The molecular formula is C15H18N2O2S. The highest BCUT2D eigenvalue weighted by molar-refractivity contribution is 7.07. The van der Waals surface area contributed by atoms with E-state index in [-0.39, 0.29) is 12.5 Å². The van der Waals surface area contributed by atoms with Crippen LogP contribution in [0.5, 0.6) is 0 Å². The van der Waals surface area contributed by atoms with E-state index in [9.17, 15) is 4.79 Å². The zero-order valence-electron chi connectivity index (χ0n) is 11.5. The Bertz CT molecular complexity index is 514. The van der Waals surface area contributed by atoms with Crippen molar-refractivity contribution in [2.24, 2.45) is 0 Å². The Labute approximate surface area is 123 Å². The molecule has 4 nitrogen and oxygen atoms in total. The van der Waals surface area contributed by atoms with Crippen LogP contribution in [0.25, 0.3) is 0 Å². The lowest BCUT2D eigenvalue weighted by molar-refractivity contribution is -0.144. The molecule has 0 radical (unpaired) electrons. The van der Waals surface area contributed by atoms with Crippen LogP contribution in [-0.4, -0.2) is 29.0 Å². The smallest absolute Gasteiger partial charge is 0.320 e. The Morgan fingerprint density at radius 1 is 1.30 bits per heavy atom. The van der Waals surface area contributed by atoms with E-state index in [0.29, 0.717) is 19.7 Å². The first-order valence-electron chi connectivity index (χ1n) is 6.57. The number of esters is 1. The van der Waals surface area contributed by atoms with Crippen LogP contribution < -0.4 is 0 Å². The van der Waals surface area contributed by atoms with Crippen LogP contribution in [0, 0.1) is 0 Å². The van der Waals surface area contributed by atoms with Crippen molar-refractivity contribution in [1.29, 1.82) is 0 Å². The molecule has 2 rings (SSSR count). The second-order valence-electron chi connectivity index (χ2n) is 4.42. The van der Waals surface area contributed by atoms with Gasteiger partial charge in [0.1, 0.15) is 0 Å². The van der Waals surface area contributed by atoms with Crippen LogP contribution in [-0.2, 0) is 22.6 Å². The third-order valence-electron chi connectivity index (χ3n) is 2.78. The fourth-order valence-corrected chi connectivity index (χ4v) is 2.49. The molecule has 106 valence electrons. The molecule has 1 heterocycles. The molecule has 0 bridgehead atoms. The molecular weight excluding hydrogens is 272 g/mol. The first-order chi connectivity index (χ1) is 9.78. The molecule has 0 spiro atoms. The lowest BCUT2D eigenvalue weighted by Crippen LogP contribution is -2.30. The molecule has 0 aliphatic rings. The Hall–Kier alpha value is -1.72. The predicted molar refractivity (Wildman–Crippen MR) is 79.3 cm³/mol. The van der Waals surface area contributed by atoms with Crippen LogP contribution >= 0.6 is 11.3 Å². The van der Waals surface area contributed by atoms with E-state index < -0.39 is 0 Å². The first-order valence-corrected chi connectivity index (χ1v) is 7.51. The van der Waals surface area contributed by atoms with E-state index in [4.69, 9.17) is 4.74 Å². The highest BCUT2D eigenvalue weighted by atomic mass is 32.1. The SMILES string of the molecule is CCOC(=O)CN(Cc1ccccc1)Cc1cscn1. The summed E-state index contributed by atoms with van der Waals surface area (Å²) in [5, 5.41) is 2.00. The summed E-state index contributed by atoms with van der Waals surface area (Å²) in [7, 11) is 0. The highest BCUT2D eigenvalue weighted by Crippen LogP contribution is 2.10. The van der Waals surface area contributed by atoms with Crippen LogP contribution in [0.3, 0.4) is 0 Å². The maximum atomic E-state index is 11.7. The number of ether oxygens (including phenoxy) is 1. The normalized spacial score (nSPS) is 10.7. The summed E-state index contributed by atoms with van der Waals surface area (Å²) in [5.41, 5.74) is 3.96. The van der Waals surface area contributed by atoms with Gasteiger partial charge in [0.25, 0.3) is 0 Å². The minimum Gasteiger partial charge on any atom is -0.465 e. The van der Waals surface area contributed by atoms with Gasteiger partial charge in [0.15, 0.2) is 0 Å². The van der Waals surface area contributed by atoms with Gasteiger partial charge in [0, 0.05) is 18.5 Å². The van der Waals surface area contributed by atoms with Gasteiger partial charge in [-0.3, -0.25) is 9.69 Å². The van der Waals surface area contributed by atoms with Gasteiger partial charge in [-0.25, -0.2) is 4.98 Å². The third-order valence-corrected chi connectivity index (χ3v) is 3.41. The molecule has 0 fully saturated rings. The molecule has 0 saturated carbocycles. The van der Waals surface area contributed by atoms with Crippen molar-refractivity contribution in [3.63, 3.8) is 0 Å². The quantitative estimate of drug-likeness (QED) is 0.735. The van der Waals surface area contributed by atoms with Gasteiger partial charge >= 0.3 is 5.97 Å². The summed E-state index contributed by atoms with van der Waals surface area (Å²) < 4.78 is 5.03. The number of hydrogen-bond donors (Lipinski definition) is 0. The van der Waals surface area contributed by atoms with Gasteiger partial charge in [-0.05, 0) is 12.5 Å². The topological polar surface area (TPSA) is 42.4 Å². The van der Waals surface area contributed by atoms with Crippen molar-refractivity contribution in [1.82, 2.24) is 9.88 Å². The fourth-order valence-electron chi connectivity index (χ4n) is 1.94. The molecule has 0 amide bonds. The Balaban J connectivity index is 2.01. The minimum absolute atomic E-state index is 0.196. The molecule has 0 N–H and O–H groups in total. The Morgan fingerprint density at radius 2 is 2.10 bits per heavy atom. The van der Waals surface area contributed by atoms with E-state index in [1.165, 1.54) is 5.56 Å². The van der Waals surface area contributed by atoms with Crippen molar-refractivity contribution in [3.8, 4) is 0 Å². The molecule has 20 heavy (non-hydrogen) atoms. The zero-order valence-corrected chi connectivity index (χ0v) is 12.3. The minimum atomic E-state index is -0.196. The monoisotopic (exact) mass is 290 g/mol. The highest BCUT2D eigenvalue weighted by Gasteiger charge is 2.13. The lowest BCUT2D eigenvalue weighted by atomic mass is 10.2. The number of hydrogen-bond acceptors (Lipinski definition) is 5. The maximum Gasteiger partial charge on any atom is 0.320 e. The van der Waals surface area contributed by atoms with Crippen LogP contribution in [0.1, 0.15) is 18.2 Å². The lowest BCUT2D eigenvalue weighted by Gasteiger charge is -2.20. The number of rotatable bonds is 7. The molecule has 5 heteroatoms. The van der Waals surface area contributed by atoms with E-state index in [2.05, 4.69) is 17.1 Å². The predicted octanol–water partition coefficient (Wildman–Crippen LogP) is 2.71. The molecule has 0 saturated heterocycles. The van der Waals surface area contributed by atoms with Crippen molar-refractivity contribution >= 4 is 17.3 Å². The molecule has 0 aliphatic heterocycles. The largest absolute Gasteiger partial charge is 0.465 e. The van der Waals surface area contributed by atoms with Crippen molar-refractivity contribution in [3.05, 3.63) is 52.5 Å². The summed E-state index contributed by atoms with van der Waals surface area (Å²) in [6.07, 6.45) is 0. The molecule has 2 aromatic rings. The first kappa shape index (κ1) is 14.7. The van der Waals surface area contributed by atoms with Crippen LogP contribution in [0.15, 0.2) is 41.2 Å². The summed E-state index contributed by atoms with van der Waals surface area (Å²) in [5.74, 6) is -0.196. The zero-order chi connectivity index (χ0) is 14.2. The molecule has 0 unspecified atom stereocenters. The number of nitrogens with zero attached hydrogens (tertiary/aromatic N) is 2. The van der Waals surface area contributed by atoms with Crippen molar-refractivity contribution in [2.75, 3.05) is 13.2 Å². The molecule has 1 aromatic carbocycles. The Morgan fingerprint density at radius 3 is 2.75 bits per heavy atom.